The van der Waals surface area contributed by atoms with Crippen LogP contribution in [0, 0.1) is 25.5 Å². The first kappa shape index (κ1) is 19.6. The molecule has 1 N–H and O–H groups in total. The number of hydrogen-bond acceptors (Lipinski definition) is 5. The number of halogens is 2. The van der Waals surface area contributed by atoms with Crippen molar-refractivity contribution in [1.29, 1.82) is 0 Å². The minimum absolute atomic E-state index is 0.122. The van der Waals surface area contributed by atoms with Crippen LogP contribution in [0.25, 0.3) is 0 Å². The lowest BCUT2D eigenvalue weighted by Gasteiger charge is -2.29. The van der Waals surface area contributed by atoms with Gasteiger partial charge < -0.3 is 19.5 Å². The predicted molar refractivity (Wildman–Crippen MR) is 103 cm³/mol. The molecule has 2 aromatic carbocycles. The summed E-state index contributed by atoms with van der Waals surface area (Å²) in [5.41, 5.74) is 1.92. The van der Waals surface area contributed by atoms with Crippen molar-refractivity contribution in [3.63, 3.8) is 0 Å². The molecule has 0 saturated heterocycles. The molecule has 0 fully saturated rings. The zero-order valence-corrected chi connectivity index (χ0v) is 16.2. The van der Waals surface area contributed by atoms with Crippen LogP contribution in [0.4, 0.5) is 20.2 Å². The molecule has 0 atom stereocenters. The molecule has 9 heteroatoms. The lowest BCUT2D eigenvalue weighted by molar-refractivity contribution is -0.121. The number of benzene rings is 2. The number of carbonyl (C=O) groups excluding carboxylic acids is 2. The monoisotopic (exact) mass is 413 g/mol. The molecule has 2 heterocycles. The third kappa shape index (κ3) is 3.61. The van der Waals surface area contributed by atoms with E-state index in [9.17, 15) is 18.4 Å². The number of aryl methyl sites for hydroxylation is 2. The third-order valence-corrected chi connectivity index (χ3v) is 4.83. The minimum atomic E-state index is -0.969. The highest BCUT2D eigenvalue weighted by atomic mass is 19.1. The third-order valence-electron chi connectivity index (χ3n) is 4.83. The number of hydrogen-bond donors (Lipinski definition) is 1. The number of rotatable bonds is 4. The van der Waals surface area contributed by atoms with Gasteiger partial charge in [0.25, 0.3) is 11.8 Å². The molecule has 2 amide bonds. The topological polar surface area (TPSA) is 84.7 Å². The van der Waals surface area contributed by atoms with Crippen LogP contribution in [0.2, 0.25) is 0 Å². The molecular formula is C21H17F2N3O4. The first-order valence-electron chi connectivity index (χ1n) is 9.09. The number of carbonyl (C=O) groups is 2. The van der Waals surface area contributed by atoms with Crippen LogP contribution < -0.4 is 15.0 Å². The fraction of sp³-hybridized carbons (Fsp3) is 0.190. The Kier molecular flexibility index (Phi) is 4.94. The van der Waals surface area contributed by atoms with Crippen molar-refractivity contribution >= 4 is 23.2 Å². The molecule has 1 aliphatic rings. The number of nitrogens with one attached hydrogen (secondary N) is 1. The maximum atomic E-state index is 13.9. The van der Waals surface area contributed by atoms with Gasteiger partial charge in [0.15, 0.2) is 6.61 Å². The van der Waals surface area contributed by atoms with E-state index < -0.39 is 17.5 Å². The second kappa shape index (κ2) is 7.58. The number of fused-ring (bicyclic) bond motifs is 1. The highest BCUT2D eigenvalue weighted by molar-refractivity contribution is 6.05. The summed E-state index contributed by atoms with van der Waals surface area (Å²) in [5, 5.41) is 6.46. The molecule has 4 rings (SSSR count). The molecular weight excluding hydrogens is 396 g/mol. The van der Waals surface area contributed by atoms with Crippen LogP contribution in [-0.2, 0) is 11.3 Å². The van der Waals surface area contributed by atoms with E-state index in [1.807, 2.05) is 0 Å². The molecule has 154 valence electrons. The second-order valence-electron chi connectivity index (χ2n) is 6.83. The van der Waals surface area contributed by atoms with Gasteiger partial charge in [-0.1, -0.05) is 5.16 Å². The largest absolute Gasteiger partial charge is 0.482 e. The predicted octanol–water partition coefficient (Wildman–Crippen LogP) is 3.75. The molecule has 0 radical (unpaired) electrons. The minimum Gasteiger partial charge on any atom is -0.482 e. The lowest BCUT2D eigenvalue weighted by atomic mass is 10.1. The first-order valence-corrected chi connectivity index (χ1v) is 9.09. The number of nitrogens with zero attached hydrogens (tertiary/aromatic N) is 2. The van der Waals surface area contributed by atoms with Gasteiger partial charge in [-0.3, -0.25) is 9.59 Å². The van der Waals surface area contributed by atoms with Crippen molar-refractivity contribution in [2.75, 3.05) is 16.8 Å². The van der Waals surface area contributed by atoms with E-state index in [4.69, 9.17) is 9.26 Å². The standard InChI is InChI=1S/C21H17F2N3O4/c1-11-16(12(2)30-25-11)9-26-18-8-14(4-6-19(18)29-10-20(26)27)24-21(28)15-5-3-13(22)7-17(15)23/h3-8H,9-10H2,1-2H3,(H,24,28). The molecule has 0 unspecified atom stereocenters. The SMILES string of the molecule is Cc1noc(C)c1CN1C(=O)COc2ccc(NC(=O)c3ccc(F)cc3F)cc21. The molecule has 0 aliphatic carbocycles. The fourth-order valence-electron chi connectivity index (χ4n) is 3.21. The summed E-state index contributed by atoms with van der Waals surface area (Å²) in [6.45, 7) is 3.64. The van der Waals surface area contributed by atoms with Crippen LogP contribution in [0.5, 0.6) is 5.75 Å². The average molecular weight is 413 g/mol. The number of amides is 2. The molecule has 7 nitrogen and oxygen atoms in total. The van der Waals surface area contributed by atoms with E-state index in [-0.39, 0.29) is 24.6 Å². The fourth-order valence-corrected chi connectivity index (χ4v) is 3.21. The van der Waals surface area contributed by atoms with Gasteiger partial charge in [0.1, 0.15) is 23.1 Å². The van der Waals surface area contributed by atoms with Gasteiger partial charge in [-0.2, -0.15) is 0 Å². The summed E-state index contributed by atoms with van der Waals surface area (Å²) >= 11 is 0. The van der Waals surface area contributed by atoms with Gasteiger partial charge in [0.2, 0.25) is 0 Å². The molecule has 3 aromatic rings. The average Bonchev–Trinajstić information content (AvgIpc) is 3.02. The molecule has 0 saturated carbocycles. The van der Waals surface area contributed by atoms with E-state index in [0.29, 0.717) is 34.6 Å². The van der Waals surface area contributed by atoms with E-state index in [1.54, 1.807) is 32.0 Å². The van der Waals surface area contributed by atoms with Gasteiger partial charge >= 0.3 is 0 Å². The Morgan fingerprint density at radius 2 is 2.00 bits per heavy atom. The Morgan fingerprint density at radius 1 is 1.20 bits per heavy atom. The molecule has 0 spiro atoms. The van der Waals surface area contributed by atoms with Crippen LogP contribution in [0.15, 0.2) is 40.9 Å². The first-order chi connectivity index (χ1) is 14.3. The maximum Gasteiger partial charge on any atom is 0.265 e. The Bertz CT molecular complexity index is 1140. The summed E-state index contributed by atoms with van der Waals surface area (Å²) in [4.78, 5) is 26.4. The van der Waals surface area contributed by atoms with Crippen LogP contribution in [-0.4, -0.2) is 23.6 Å². The van der Waals surface area contributed by atoms with E-state index in [0.717, 1.165) is 17.7 Å². The van der Waals surface area contributed by atoms with Crippen LogP contribution in [0.3, 0.4) is 0 Å². The van der Waals surface area contributed by atoms with Gasteiger partial charge in [0, 0.05) is 17.3 Å². The Labute approximate surface area is 170 Å². The smallest absolute Gasteiger partial charge is 0.265 e. The molecule has 1 aromatic heterocycles. The van der Waals surface area contributed by atoms with Crippen molar-refractivity contribution in [1.82, 2.24) is 5.16 Å². The summed E-state index contributed by atoms with van der Waals surface area (Å²) in [6.07, 6.45) is 0. The van der Waals surface area contributed by atoms with Crippen molar-refractivity contribution in [3.05, 3.63) is 70.6 Å². The number of aromatic nitrogens is 1. The van der Waals surface area contributed by atoms with Crippen LogP contribution in [0.1, 0.15) is 27.4 Å². The summed E-state index contributed by atoms with van der Waals surface area (Å²) in [5.74, 6) is -1.69. The Hall–Kier alpha value is -3.75. The molecule has 30 heavy (non-hydrogen) atoms. The van der Waals surface area contributed by atoms with E-state index >= 15 is 0 Å². The summed E-state index contributed by atoms with van der Waals surface area (Å²) in [7, 11) is 0. The summed E-state index contributed by atoms with van der Waals surface area (Å²) < 4.78 is 37.6. The van der Waals surface area contributed by atoms with Crippen molar-refractivity contribution < 1.29 is 27.6 Å². The number of ether oxygens (including phenoxy) is 1. The quantitative estimate of drug-likeness (QED) is 0.704. The zero-order valence-electron chi connectivity index (χ0n) is 16.2. The number of anilines is 2. The Balaban J connectivity index is 1.63. The summed E-state index contributed by atoms with van der Waals surface area (Å²) in [6, 6.07) is 7.45. The lowest BCUT2D eigenvalue weighted by Crippen LogP contribution is -2.38. The van der Waals surface area contributed by atoms with E-state index in [1.165, 1.54) is 4.90 Å². The van der Waals surface area contributed by atoms with Crippen molar-refractivity contribution in [2.45, 2.75) is 20.4 Å². The molecule has 1 aliphatic heterocycles. The highest BCUT2D eigenvalue weighted by Crippen LogP contribution is 2.36. The van der Waals surface area contributed by atoms with Crippen LogP contribution >= 0.6 is 0 Å². The highest BCUT2D eigenvalue weighted by Gasteiger charge is 2.28. The zero-order chi connectivity index (χ0) is 21.4. The van der Waals surface area contributed by atoms with Crippen molar-refractivity contribution in [2.24, 2.45) is 0 Å². The normalized spacial score (nSPS) is 13.1. The second-order valence-corrected chi connectivity index (χ2v) is 6.83. The van der Waals surface area contributed by atoms with Gasteiger partial charge in [-0.15, -0.1) is 0 Å². The maximum absolute atomic E-state index is 13.9. The van der Waals surface area contributed by atoms with E-state index in [2.05, 4.69) is 10.5 Å². The van der Waals surface area contributed by atoms with Gasteiger partial charge in [-0.05, 0) is 44.2 Å². The van der Waals surface area contributed by atoms with Gasteiger partial charge in [0.05, 0.1) is 23.5 Å². The Morgan fingerprint density at radius 3 is 2.70 bits per heavy atom. The van der Waals surface area contributed by atoms with Gasteiger partial charge in [-0.25, -0.2) is 8.78 Å². The molecule has 0 bridgehead atoms. The van der Waals surface area contributed by atoms with Crippen molar-refractivity contribution in [3.8, 4) is 5.75 Å².